The first kappa shape index (κ1) is 14.3. The summed E-state index contributed by atoms with van der Waals surface area (Å²) < 4.78 is 0. The van der Waals surface area contributed by atoms with E-state index in [0.29, 0.717) is 5.95 Å². The molecule has 0 saturated heterocycles. The van der Waals surface area contributed by atoms with Gasteiger partial charge in [0.05, 0.1) is 6.04 Å². The van der Waals surface area contributed by atoms with Gasteiger partial charge in [-0.25, -0.2) is 4.98 Å². The second-order valence-corrected chi connectivity index (χ2v) is 4.98. The molecular formula is C16H22N4. The summed E-state index contributed by atoms with van der Waals surface area (Å²) in [6.07, 6.45) is 1.85. The van der Waals surface area contributed by atoms with Crippen LogP contribution < -0.4 is 10.6 Å². The van der Waals surface area contributed by atoms with E-state index in [2.05, 4.69) is 58.7 Å². The molecule has 0 radical (unpaired) electrons. The van der Waals surface area contributed by atoms with E-state index in [9.17, 15) is 0 Å². The third-order valence-corrected chi connectivity index (χ3v) is 3.31. The van der Waals surface area contributed by atoms with Crippen LogP contribution in [0, 0.1) is 13.8 Å². The Hall–Kier alpha value is -2.10. The van der Waals surface area contributed by atoms with Gasteiger partial charge in [0.25, 0.3) is 0 Å². The Kier molecular flexibility index (Phi) is 4.56. The number of hydrogen-bond acceptors (Lipinski definition) is 4. The van der Waals surface area contributed by atoms with E-state index in [1.54, 1.807) is 0 Å². The van der Waals surface area contributed by atoms with Crippen LogP contribution in [0.4, 0.5) is 11.8 Å². The molecule has 0 amide bonds. The van der Waals surface area contributed by atoms with Gasteiger partial charge in [0.15, 0.2) is 0 Å². The Morgan fingerprint density at radius 2 is 1.90 bits per heavy atom. The van der Waals surface area contributed by atoms with Crippen LogP contribution in [0.3, 0.4) is 0 Å². The lowest BCUT2D eigenvalue weighted by Crippen LogP contribution is -2.12. The van der Waals surface area contributed by atoms with Gasteiger partial charge in [0.2, 0.25) is 5.95 Å². The van der Waals surface area contributed by atoms with Crippen molar-refractivity contribution in [3.63, 3.8) is 0 Å². The van der Waals surface area contributed by atoms with Gasteiger partial charge >= 0.3 is 0 Å². The number of nitrogens with one attached hydrogen (secondary N) is 2. The fourth-order valence-corrected chi connectivity index (χ4v) is 2.19. The van der Waals surface area contributed by atoms with Crippen LogP contribution in [0.5, 0.6) is 0 Å². The summed E-state index contributed by atoms with van der Waals surface area (Å²) in [5.74, 6) is 1.55. The molecule has 0 aliphatic carbocycles. The summed E-state index contributed by atoms with van der Waals surface area (Å²) in [6.45, 7) is 9.14. The van der Waals surface area contributed by atoms with Gasteiger partial charge in [0.1, 0.15) is 5.82 Å². The third-order valence-electron chi connectivity index (χ3n) is 3.31. The maximum Gasteiger partial charge on any atom is 0.224 e. The maximum atomic E-state index is 4.52. The minimum Gasteiger partial charge on any atom is -0.363 e. The zero-order chi connectivity index (χ0) is 14.5. The highest BCUT2D eigenvalue weighted by atomic mass is 15.1. The fraction of sp³-hybridized carbons (Fsp3) is 0.375. The summed E-state index contributed by atoms with van der Waals surface area (Å²) in [6, 6.07) is 8.61. The predicted octanol–water partition coefficient (Wildman–Crippen LogP) is 3.70. The molecule has 1 aromatic carbocycles. The Morgan fingerprint density at radius 1 is 1.15 bits per heavy atom. The van der Waals surface area contributed by atoms with Gasteiger partial charge in [0, 0.05) is 18.3 Å². The molecule has 20 heavy (non-hydrogen) atoms. The van der Waals surface area contributed by atoms with Crippen LogP contribution in [0.25, 0.3) is 0 Å². The van der Waals surface area contributed by atoms with Crippen molar-refractivity contribution in [3.8, 4) is 0 Å². The molecule has 1 aromatic heterocycles. The van der Waals surface area contributed by atoms with Gasteiger partial charge in [-0.15, -0.1) is 0 Å². The number of benzene rings is 1. The third kappa shape index (κ3) is 3.26. The number of hydrogen-bond donors (Lipinski definition) is 2. The van der Waals surface area contributed by atoms with E-state index in [-0.39, 0.29) is 6.04 Å². The topological polar surface area (TPSA) is 49.8 Å². The molecule has 1 atom stereocenters. The molecule has 0 aliphatic rings. The van der Waals surface area contributed by atoms with Crippen LogP contribution in [0.1, 0.15) is 36.6 Å². The quantitative estimate of drug-likeness (QED) is 0.870. The molecule has 1 unspecified atom stereocenters. The zero-order valence-electron chi connectivity index (χ0n) is 12.6. The lowest BCUT2D eigenvalue weighted by atomic mass is 10.0. The van der Waals surface area contributed by atoms with Crippen molar-refractivity contribution in [2.24, 2.45) is 0 Å². The first-order valence-corrected chi connectivity index (χ1v) is 7.01. The van der Waals surface area contributed by atoms with Crippen molar-refractivity contribution in [3.05, 3.63) is 47.2 Å². The van der Waals surface area contributed by atoms with E-state index >= 15 is 0 Å². The molecule has 2 aromatic rings. The van der Waals surface area contributed by atoms with E-state index in [1.807, 2.05) is 20.0 Å². The second kappa shape index (κ2) is 6.37. The Bertz CT molecular complexity index is 580. The first-order valence-electron chi connectivity index (χ1n) is 7.01. The smallest absolute Gasteiger partial charge is 0.224 e. The maximum absolute atomic E-state index is 4.52. The standard InChI is InChI=1S/C16H22N4/c1-5-17-16-18-10-12(3)15(20-16)19-13(4)14-9-7-6-8-11(14)2/h6-10,13H,5H2,1-4H3,(H2,17,18,19,20). The molecule has 0 spiro atoms. The molecule has 0 aliphatic heterocycles. The highest BCUT2D eigenvalue weighted by Gasteiger charge is 2.10. The highest BCUT2D eigenvalue weighted by Crippen LogP contribution is 2.23. The second-order valence-electron chi connectivity index (χ2n) is 4.98. The van der Waals surface area contributed by atoms with Crippen molar-refractivity contribution >= 4 is 11.8 Å². The first-order chi connectivity index (χ1) is 9.61. The fourth-order valence-electron chi connectivity index (χ4n) is 2.19. The molecular weight excluding hydrogens is 248 g/mol. The number of aromatic nitrogens is 2. The largest absolute Gasteiger partial charge is 0.363 e. The zero-order valence-corrected chi connectivity index (χ0v) is 12.6. The number of rotatable bonds is 5. The summed E-state index contributed by atoms with van der Waals surface area (Å²) >= 11 is 0. The van der Waals surface area contributed by atoms with Crippen molar-refractivity contribution in [1.29, 1.82) is 0 Å². The predicted molar refractivity (Wildman–Crippen MR) is 84.1 cm³/mol. The normalized spacial score (nSPS) is 12.0. The average molecular weight is 270 g/mol. The van der Waals surface area contributed by atoms with Crippen LogP contribution in [0.2, 0.25) is 0 Å². The Balaban J connectivity index is 2.21. The lowest BCUT2D eigenvalue weighted by Gasteiger charge is -2.18. The van der Waals surface area contributed by atoms with Crippen molar-refractivity contribution < 1.29 is 0 Å². The minimum absolute atomic E-state index is 0.208. The van der Waals surface area contributed by atoms with E-state index < -0.39 is 0 Å². The number of aryl methyl sites for hydroxylation is 2. The van der Waals surface area contributed by atoms with Gasteiger partial charge in [-0.3, -0.25) is 0 Å². The average Bonchev–Trinajstić information content (AvgIpc) is 2.43. The van der Waals surface area contributed by atoms with E-state index in [0.717, 1.165) is 17.9 Å². The Labute approximate surface area is 120 Å². The molecule has 2 rings (SSSR count). The summed E-state index contributed by atoms with van der Waals surface area (Å²) in [7, 11) is 0. The van der Waals surface area contributed by atoms with Crippen molar-refractivity contribution in [2.45, 2.75) is 33.7 Å². The summed E-state index contributed by atoms with van der Waals surface area (Å²) in [4.78, 5) is 8.79. The van der Waals surface area contributed by atoms with Gasteiger partial charge in [-0.05, 0) is 38.8 Å². The molecule has 4 heteroatoms. The number of anilines is 2. The molecule has 4 nitrogen and oxygen atoms in total. The molecule has 0 bridgehead atoms. The van der Waals surface area contributed by atoms with Crippen molar-refractivity contribution in [2.75, 3.05) is 17.2 Å². The molecule has 1 heterocycles. The summed E-state index contributed by atoms with van der Waals surface area (Å²) in [5.41, 5.74) is 3.62. The van der Waals surface area contributed by atoms with E-state index in [4.69, 9.17) is 0 Å². The Morgan fingerprint density at radius 3 is 2.60 bits per heavy atom. The molecule has 2 N–H and O–H groups in total. The summed E-state index contributed by atoms with van der Waals surface area (Å²) in [5, 5.41) is 6.61. The molecule has 106 valence electrons. The van der Waals surface area contributed by atoms with Gasteiger partial charge in [-0.1, -0.05) is 24.3 Å². The number of nitrogens with zero attached hydrogens (tertiary/aromatic N) is 2. The lowest BCUT2D eigenvalue weighted by molar-refractivity contribution is 0.858. The minimum atomic E-state index is 0.208. The highest BCUT2D eigenvalue weighted by molar-refractivity contribution is 5.48. The van der Waals surface area contributed by atoms with Crippen LogP contribution in [0.15, 0.2) is 30.5 Å². The van der Waals surface area contributed by atoms with Gasteiger partial charge in [-0.2, -0.15) is 4.98 Å². The van der Waals surface area contributed by atoms with E-state index in [1.165, 1.54) is 11.1 Å². The SMILES string of the molecule is CCNc1ncc(C)c(NC(C)c2ccccc2C)n1. The molecule has 0 fully saturated rings. The van der Waals surface area contributed by atoms with Crippen LogP contribution in [-0.2, 0) is 0 Å². The van der Waals surface area contributed by atoms with Gasteiger partial charge < -0.3 is 10.6 Å². The monoisotopic (exact) mass is 270 g/mol. The molecule has 0 saturated carbocycles. The van der Waals surface area contributed by atoms with Crippen molar-refractivity contribution in [1.82, 2.24) is 9.97 Å². The van der Waals surface area contributed by atoms with Crippen LogP contribution >= 0.6 is 0 Å². The van der Waals surface area contributed by atoms with Crippen LogP contribution in [-0.4, -0.2) is 16.5 Å².